The summed E-state index contributed by atoms with van der Waals surface area (Å²) < 4.78 is 6.30. The van der Waals surface area contributed by atoms with Gasteiger partial charge in [-0.1, -0.05) is 15.9 Å². The molecule has 2 aromatic heterocycles. The Kier molecular flexibility index (Phi) is 2.98. The van der Waals surface area contributed by atoms with Gasteiger partial charge in [0.05, 0.1) is 23.7 Å². The van der Waals surface area contributed by atoms with Crippen molar-refractivity contribution in [1.82, 2.24) is 15.0 Å². The summed E-state index contributed by atoms with van der Waals surface area (Å²) >= 11 is 3.49. The lowest BCUT2D eigenvalue weighted by molar-refractivity contribution is 0.399. The Labute approximate surface area is 119 Å². The van der Waals surface area contributed by atoms with E-state index in [2.05, 4.69) is 30.9 Å². The van der Waals surface area contributed by atoms with Crippen molar-refractivity contribution in [2.45, 2.75) is 6.92 Å². The molecule has 0 fully saturated rings. The van der Waals surface area contributed by atoms with Crippen molar-refractivity contribution in [2.24, 2.45) is 0 Å². The van der Waals surface area contributed by atoms with Gasteiger partial charge in [0.1, 0.15) is 5.82 Å². The number of pyridine rings is 1. The molecule has 0 aliphatic carbocycles. The highest BCUT2D eigenvalue weighted by molar-refractivity contribution is 9.10. The van der Waals surface area contributed by atoms with Crippen LogP contribution in [0.15, 0.2) is 34.9 Å². The van der Waals surface area contributed by atoms with Gasteiger partial charge in [-0.2, -0.15) is 0 Å². The molecule has 1 N–H and O–H groups in total. The first-order valence-electron chi connectivity index (χ1n) is 5.84. The molecule has 0 aliphatic rings. The topological polar surface area (TPSA) is 50.8 Å². The third-order valence-corrected chi connectivity index (χ3v) is 3.42. The summed E-state index contributed by atoms with van der Waals surface area (Å²) in [6.07, 6.45) is 1.70. The number of hydrogen-bond donors (Lipinski definition) is 1. The van der Waals surface area contributed by atoms with Crippen molar-refractivity contribution in [2.75, 3.05) is 7.11 Å². The van der Waals surface area contributed by atoms with Crippen molar-refractivity contribution in [1.29, 1.82) is 0 Å². The van der Waals surface area contributed by atoms with Crippen LogP contribution in [0.1, 0.15) is 5.56 Å². The molecule has 1 aromatic carbocycles. The zero-order valence-electron chi connectivity index (χ0n) is 10.6. The lowest BCUT2D eigenvalue weighted by atomic mass is 10.2. The molecule has 0 unspecified atom stereocenters. The summed E-state index contributed by atoms with van der Waals surface area (Å²) in [7, 11) is 1.61. The minimum Gasteiger partial charge on any atom is -0.480 e. The summed E-state index contributed by atoms with van der Waals surface area (Å²) in [5, 5.41) is 0. The Morgan fingerprint density at radius 3 is 2.95 bits per heavy atom. The number of nitrogens with zero attached hydrogens (tertiary/aromatic N) is 2. The first kappa shape index (κ1) is 12.2. The molecule has 0 amide bonds. The molecule has 19 heavy (non-hydrogen) atoms. The molecule has 0 spiro atoms. The fourth-order valence-electron chi connectivity index (χ4n) is 2.11. The predicted octanol–water partition coefficient (Wildman–Crippen LogP) is 3.70. The van der Waals surface area contributed by atoms with Gasteiger partial charge in [-0.15, -0.1) is 0 Å². The van der Waals surface area contributed by atoms with E-state index in [1.54, 1.807) is 13.3 Å². The average molecular weight is 318 g/mol. The van der Waals surface area contributed by atoms with Crippen molar-refractivity contribution in [3.05, 3.63) is 40.5 Å². The molecule has 5 heteroatoms. The third kappa shape index (κ3) is 2.10. The highest BCUT2D eigenvalue weighted by Crippen LogP contribution is 2.29. The Bertz CT molecular complexity index is 752. The molecule has 0 radical (unpaired) electrons. The smallest absolute Gasteiger partial charge is 0.224 e. The second-order valence-corrected chi connectivity index (χ2v) is 5.18. The van der Waals surface area contributed by atoms with E-state index < -0.39 is 0 Å². The van der Waals surface area contributed by atoms with E-state index in [0.717, 1.165) is 32.5 Å². The van der Waals surface area contributed by atoms with Crippen LogP contribution in [0.4, 0.5) is 0 Å². The Hall–Kier alpha value is -1.88. The zero-order chi connectivity index (χ0) is 13.4. The molecule has 96 valence electrons. The van der Waals surface area contributed by atoms with Crippen LogP contribution >= 0.6 is 15.9 Å². The molecule has 3 rings (SSSR count). The van der Waals surface area contributed by atoms with Crippen molar-refractivity contribution in [3.8, 4) is 17.3 Å². The maximum Gasteiger partial charge on any atom is 0.224 e. The maximum atomic E-state index is 5.27. The minimum absolute atomic E-state index is 0.568. The Morgan fingerprint density at radius 2 is 2.16 bits per heavy atom. The van der Waals surface area contributed by atoms with Crippen LogP contribution in [0.5, 0.6) is 5.88 Å². The number of aromatic nitrogens is 3. The van der Waals surface area contributed by atoms with Crippen molar-refractivity contribution >= 4 is 27.0 Å². The van der Waals surface area contributed by atoms with E-state index in [1.807, 2.05) is 31.2 Å². The molecule has 0 aliphatic heterocycles. The first-order valence-corrected chi connectivity index (χ1v) is 6.63. The molecular formula is C14H12BrN3O. The average Bonchev–Trinajstić information content (AvgIpc) is 2.82. The van der Waals surface area contributed by atoms with Crippen LogP contribution in [0.25, 0.3) is 22.4 Å². The van der Waals surface area contributed by atoms with E-state index in [9.17, 15) is 0 Å². The van der Waals surface area contributed by atoms with Gasteiger partial charge in [-0.25, -0.2) is 9.97 Å². The second kappa shape index (κ2) is 4.66. The number of imidazole rings is 1. The molecule has 2 heterocycles. The first-order chi connectivity index (χ1) is 9.19. The fourth-order valence-corrected chi connectivity index (χ4v) is 2.68. The SMILES string of the molecule is COc1ncccc1-c1nc2c(C)cc(Br)cc2[nH]1. The third-order valence-electron chi connectivity index (χ3n) is 2.96. The summed E-state index contributed by atoms with van der Waals surface area (Å²) in [6, 6.07) is 7.87. The van der Waals surface area contributed by atoms with Crippen LogP contribution < -0.4 is 4.74 Å². The van der Waals surface area contributed by atoms with Crippen LogP contribution in [0.3, 0.4) is 0 Å². The highest BCUT2D eigenvalue weighted by Gasteiger charge is 2.12. The number of nitrogens with one attached hydrogen (secondary N) is 1. The summed E-state index contributed by atoms with van der Waals surface area (Å²) in [5.41, 5.74) is 3.93. The van der Waals surface area contributed by atoms with Gasteiger partial charge in [0, 0.05) is 10.7 Å². The number of fused-ring (bicyclic) bond motifs is 1. The number of ether oxygens (including phenoxy) is 1. The standard InChI is InChI=1S/C14H12BrN3O/c1-8-6-9(15)7-11-12(8)18-13(17-11)10-4-3-5-16-14(10)19-2/h3-7H,1-2H3,(H,17,18). The predicted molar refractivity (Wildman–Crippen MR) is 78.3 cm³/mol. The van der Waals surface area contributed by atoms with Gasteiger partial charge in [-0.05, 0) is 36.8 Å². The summed E-state index contributed by atoms with van der Waals surface area (Å²) in [4.78, 5) is 12.1. The minimum atomic E-state index is 0.568. The number of halogens is 1. The van der Waals surface area contributed by atoms with Crippen LogP contribution in [0.2, 0.25) is 0 Å². The Morgan fingerprint density at radius 1 is 1.32 bits per heavy atom. The van der Waals surface area contributed by atoms with Gasteiger partial charge < -0.3 is 9.72 Å². The monoisotopic (exact) mass is 317 g/mol. The van der Waals surface area contributed by atoms with Crippen molar-refractivity contribution < 1.29 is 4.74 Å². The highest BCUT2D eigenvalue weighted by atomic mass is 79.9. The number of aryl methyl sites for hydroxylation is 1. The fraction of sp³-hybridized carbons (Fsp3) is 0.143. The van der Waals surface area contributed by atoms with E-state index in [4.69, 9.17) is 4.74 Å². The zero-order valence-corrected chi connectivity index (χ0v) is 12.2. The maximum absolute atomic E-state index is 5.27. The number of benzene rings is 1. The Balaban J connectivity index is 2.23. The molecule has 3 aromatic rings. The van der Waals surface area contributed by atoms with E-state index in [0.29, 0.717) is 5.88 Å². The van der Waals surface area contributed by atoms with Gasteiger partial charge >= 0.3 is 0 Å². The lowest BCUT2D eigenvalue weighted by Gasteiger charge is -2.03. The quantitative estimate of drug-likeness (QED) is 0.784. The number of hydrogen-bond acceptors (Lipinski definition) is 3. The number of methoxy groups -OCH3 is 1. The number of rotatable bonds is 2. The largest absolute Gasteiger partial charge is 0.480 e. The molecule has 0 bridgehead atoms. The lowest BCUT2D eigenvalue weighted by Crippen LogP contribution is -1.91. The summed E-state index contributed by atoms with van der Waals surface area (Å²) in [5.74, 6) is 1.33. The molecular weight excluding hydrogens is 306 g/mol. The van der Waals surface area contributed by atoms with E-state index >= 15 is 0 Å². The second-order valence-electron chi connectivity index (χ2n) is 4.26. The van der Waals surface area contributed by atoms with Gasteiger partial charge in [0.25, 0.3) is 0 Å². The molecule has 0 saturated carbocycles. The molecule has 0 saturated heterocycles. The molecule has 4 nitrogen and oxygen atoms in total. The van der Waals surface area contributed by atoms with Gasteiger partial charge in [0.15, 0.2) is 0 Å². The van der Waals surface area contributed by atoms with E-state index in [1.165, 1.54) is 0 Å². The van der Waals surface area contributed by atoms with Gasteiger partial charge in [0.2, 0.25) is 5.88 Å². The van der Waals surface area contributed by atoms with Crippen molar-refractivity contribution in [3.63, 3.8) is 0 Å². The van der Waals surface area contributed by atoms with Crippen LogP contribution in [-0.4, -0.2) is 22.1 Å². The molecule has 0 atom stereocenters. The number of H-pyrrole nitrogens is 1. The van der Waals surface area contributed by atoms with Gasteiger partial charge in [-0.3, -0.25) is 0 Å². The number of aromatic amines is 1. The van der Waals surface area contributed by atoms with E-state index in [-0.39, 0.29) is 0 Å². The summed E-state index contributed by atoms with van der Waals surface area (Å²) in [6.45, 7) is 2.04. The van der Waals surface area contributed by atoms with Crippen LogP contribution in [-0.2, 0) is 0 Å². The normalized spacial score (nSPS) is 10.9. The van der Waals surface area contributed by atoms with Crippen LogP contribution in [0, 0.1) is 6.92 Å².